The second-order valence-corrected chi connectivity index (χ2v) is 10.9. The normalized spacial score (nSPS) is 23.4. The van der Waals surface area contributed by atoms with Gasteiger partial charge in [-0.3, -0.25) is 9.69 Å². The molecule has 2 aromatic rings. The van der Waals surface area contributed by atoms with Crippen LogP contribution < -0.4 is 15.2 Å². The van der Waals surface area contributed by atoms with Crippen molar-refractivity contribution < 1.29 is 28.5 Å². The molecule has 0 aliphatic carbocycles. The smallest absolute Gasteiger partial charge is 0.343 e. The minimum Gasteiger partial charge on any atom is -0.493 e. The molecule has 0 radical (unpaired) electrons. The van der Waals surface area contributed by atoms with Crippen LogP contribution in [0.25, 0.3) is 0 Å². The number of carbonyl (C=O) groups is 2. The lowest BCUT2D eigenvalue weighted by Crippen LogP contribution is -2.58. The number of esters is 2. The molecule has 8 heteroatoms. The molecule has 1 saturated heterocycles. The van der Waals surface area contributed by atoms with E-state index >= 15 is 0 Å². The summed E-state index contributed by atoms with van der Waals surface area (Å²) < 4.78 is 21.9. The van der Waals surface area contributed by atoms with Crippen molar-refractivity contribution in [3.8, 4) is 11.5 Å². The molecule has 0 amide bonds. The lowest BCUT2D eigenvalue weighted by molar-refractivity contribution is -0.164. The van der Waals surface area contributed by atoms with Crippen LogP contribution in [-0.2, 0) is 25.5 Å². The van der Waals surface area contributed by atoms with Gasteiger partial charge in [-0.1, -0.05) is 29.8 Å². The molecule has 2 aliphatic rings. The van der Waals surface area contributed by atoms with Crippen LogP contribution in [-0.4, -0.2) is 62.4 Å². The van der Waals surface area contributed by atoms with Crippen LogP contribution in [0.1, 0.15) is 55.0 Å². The molecular weight excluding hydrogens is 472 g/mol. The number of piperidine rings is 1. The van der Waals surface area contributed by atoms with Crippen LogP contribution in [0.4, 0.5) is 0 Å². The summed E-state index contributed by atoms with van der Waals surface area (Å²) in [6.45, 7) is 8.96. The number of nitrogens with two attached hydrogens (primary N) is 1. The molecule has 0 bridgehead atoms. The zero-order chi connectivity index (χ0) is 26.9. The van der Waals surface area contributed by atoms with E-state index in [1.54, 1.807) is 7.11 Å². The molecule has 37 heavy (non-hydrogen) atoms. The van der Waals surface area contributed by atoms with Crippen LogP contribution in [0.5, 0.6) is 11.5 Å². The molecule has 0 spiro atoms. The van der Waals surface area contributed by atoms with Gasteiger partial charge in [0.25, 0.3) is 0 Å². The van der Waals surface area contributed by atoms with Gasteiger partial charge in [0.15, 0.2) is 18.1 Å². The molecule has 2 aromatic carbocycles. The van der Waals surface area contributed by atoms with Crippen molar-refractivity contribution in [2.45, 2.75) is 57.7 Å². The fourth-order valence-electron chi connectivity index (χ4n) is 5.57. The van der Waals surface area contributed by atoms with Gasteiger partial charge in [0.2, 0.25) is 0 Å². The monoisotopic (exact) mass is 510 g/mol. The Morgan fingerprint density at radius 2 is 1.86 bits per heavy atom. The highest BCUT2D eigenvalue weighted by Gasteiger charge is 2.49. The van der Waals surface area contributed by atoms with E-state index in [1.165, 1.54) is 7.11 Å². The predicted molar refractivity (Wildman–Crippen MR) is 140 cm³/mol. The number of hydrogen-bond donors (Lipinski definition) is 1. The number of rotatable bonds is 6. The van der Waals surface area contributed by atoms with Crippen molar-refractivity contribution in [1.29, 1.82) is 0 Å². The largest absolute Gasteiger partial charge is 0.493 e. The summed E-state index contributed by atoms with van der Waals surface area (Å²) in [5, 5.41) is 0. The third-order valence-corrected chi connectivity index (χ3v) is 7.17. The number of aryl methyl sites for hydroxylation is 1. The van der Waals surface area contributed by atoms with E-state index in [-0.39, 0.29) is 24.5 Å². The highest BCUT2D eigenvalue weighted by Crippen LogP contribution is 2.47. The third kappa shape index (κ3) is 5.75. The van der Waals surface area contributed by atoms with E-state index in [1.807, 2.05) is 39.0 Å². The molecule has 4 rings (SSSR count). The molecule has 2 N–H and O–H groups in total. The lowest BCUT2D eigenvalue weighted by atomic mass is 9.71. The van der Waals surface area contributed by atoms with Crippen LogP contribution in [0.2, 0.25) is 0 Å². The van der Waals surface area contributed by atoms with Crippen molar-refractivity contribution in [3.63, 3.8) is 0 Å². The molecule has 4 atom stereocenters. The van der Waals surface area contributed by atoms with Crippen LogP contribution in [0, 0.1) is 12.8 Å². The van der Waals surface area contributed by atoms with Gasteiger partial charge in [0.1, 0.15) is 5.60 Å². The molecular formula is C29H38N2O6. The Kier molecular flexibility index (Phi) is 7.80. The summed E-state index contributed by atoms with van der Waals surface area (Å²) >= 11 is 0. The van der Waals surface area contributed by atoms with E-state index in [4.69, 9.17) is 24.7 Å². The summed E-state index contributed by atoms with van der Waals surface area (Å²) in [4.78, 5) is 27.6. The molecule has 200 valence electrons. The van der Waals surface area contributed by atoms with Gasteiger partial charge in [-0.15, -0.1) is 0 Å². The average molecular weight is 511 g/mol. The molecule has 2 heterocycles. The minimum absolute atomic E-state index is 0.0906. The van der Waals surface area contributed by atoms with E-state index < -0.39 is 23.5 Å². The summed E-state index contributed by atoms with van der Waals surface area (Å²) in [6, 6.07) is 11.5. The predicted octanol–water partition coefficient (Wildman–Crippen LogP) is 3.54. The average Bonchev–Trinajstić information content (AvgIpc) is 2.84. The molecule has 0 saturated carbocycles. The zero-order valence-corrected chi connectivity index (χ0v) is 22.6. The molecule has 2 aliphatic heterocycles. The Bertz CT molecular complexity index is 1160. The maximum absolute atomic E-state index is 13.6. The fourth-order valence-corrected chi connectivity index (χ4v) is 5.57. The number of carbonyl (C=O) groups excluding carboxylic acids is 2. The summed E-state index contributed by atoms with van der Waals surface area (Å²) in [7, 11) is 2.88. The Morgan fingerprint density at radius 3 is 2.51 bits per heavy atom. The van der Waals surface area contributed by atoms with Gasteiger partial charge in [0.05, 0.1) is 26.2 Å². The van der Waals surface area contributed by atoms with Gasteiger partial charge in [-0.25, -0.2) is 4.79 Å². The van der Waals surface area contributed by atoms with Gasteiger partial charge in [-0.05, 0) is 62.9 Å². The molecule has 0 aromatic heterocycles. The van der Waals surface area contributed by atoms with Crippen LogP contribution in [0.3, 0.4) is 0 Å². The van der Waals surface area contributed by atoms with Gasteiger partial charge < -0.3 is 24.7 Å². The van der Waals surface area contributed by atoms with E-state index in [9.17, 15) is 9.59 Å². The zero-order valence-electron chi connectivity index (χ0n) is 22.6. The maximum Gasteiger partial charge on any atom is 0.343 e. The number of methoxy groups -OCH3 is 2. The summed E-state index contributed by atoms with van der Waals surface area (Å²) in [6.07, 6.45) is 0.786. The SMILES string of the molecule is COC(=O)COc1cc2c(cc1OC)C1C(N)C(C(=O)OC(C)(C)C)C(c3cccc(C)c3)CN1CC2. The van der Waals surface area contributed by atoms with Crippen LogP contribution >= 0.6 is 0 Å². The first kappa shape index (κ1) is 26.9. The maximum atomic E-state index is 13.6. The second kappa shape index (κ2) is 10.7. The van der Waals surface area contributed by atoms with E-state index in [0.29, 0.717) is 18.0 Å². The van der Waals surface area contributed by atoms with Crippen molar-refractivity contribution >= 4 is 11.9 Å². The van der Waals surface area contributed by atoms with E-state index in [0.717, 1.165) is 35.2 Å². The fraction of sp³-hybridized carbons (Fsp3) is 0.517. The lowest BCUT2D eigenvalue weighted by Gasteiger charge is -2.50. The number of hydrogen-bond acceptors (Lipinski definition) is 8. The number of ether oxygens (including phenoxy) is 4. The second-order valence-electron chi connectivity index (χ2n) is 10.9. The first-order valence-electron chi connectivity index (χ1n) is 12.7. The number of benzene rings is 2. The van der Waals surface area contributed by atoms with Crippen LogP contribution in [0.15, 0.2) is 36.4 Å². The van der Waals surface area contributed by atoms with Gasteiger partial charge in [0, 0.05) is 25.0 Å². The van der Waals surface area contributed by atoms with Crippen molar-refractivity contribution in [2.75, 3.05) is 33.9 Å². The van der Waals surface area contributed by atoms with Crippen molar-refractivity contribution in [2.24, 2.45) is 11.7 Å². The van der Waals surface area contributed by atoms with Gasteiger partial charge >= 0.3 is 11.9 Å². The Balaban J connectivity index is 1.73. The quantitative estimate of drug-likeness (QED) is 0.589. The third-order valence-electron chi connectivity index (χ3n) is 7.17. The van der Waals surface area contributed by atoms with Crippen molar-refractivity contribution in [3.05, 3.63) is 58.7 Å². The molecule has 8 nitrogen and oxygen atoms in total. The molecule has 1 fully saturated rings. The standard InChI is InChI=1S/C29H38N2O6/c1-17-8-7-9-18(12-17)21-15-31-11-10-19-13-23(36-16-24(32)35-6)22(34-5)14-20(19)27(31)26(30)25(21)28(33)37-29(2,3)4/h7-9,12-14,21,25-27H,10-11,15-16,30H2,1-6H3. The highest BCUT2D eigenvalue weighted by atomic mass is 16.6. The topological polar surface area (TPSA) is 100 Å². The summed E-state index contributed by atoms with van der Waals surface area (Å²) in [5.41, 5.74) is 10.7. The number of fused-ring (bicyclic) bond motifs is 3. The van der Waals surface area contributed by atoms with Crippen molar-refractivity contribution in [1.82, 2.24) is 4.90 Å². The first-order chi connectivity index (χ1) is 17.5. The molecule has 4 unspecified atom stereocenters. The Morgan fingerprint density at radius 1 is 1.11 bits per heavy atom. The van der Waals surface area contributed by atoms with Gasteiger partial charge in [-0.2, -0.15) is 0 Å². The highest BCUT2D eigenvalue weighted by molar-refractivity contribution is 5.76. The Hall–Kier alpha value is -3.10. The summed E-state index contributed by atoms with van der Waals surface area (Å²) in [5.74, 6) is -0.371. The number of nitrogens with zero attached hydrogens (tertiary/aromatic N) is 1. The minimum atomic E-state index is -0.620. The first-order valence-corrected chi connectivity index (χ1v) is 12.7. The Labute approximate surface area is 219 Å². The van der Waals surface area contributed by atoms with E-state index in [2.05, 4.69) is 30.0 Å².